The Morgan fingerprint density at radius 1 is 1.05 bits per heavy atom. The maximum absolute atomic E-state index is 13.8. The molecule has 0 aromatic rings. The summed E-state index contributed by atoms with van der Waals surface area (Å²) >= 11 is 0. The number of hydrogen-bond donors (Lipinski definition) is 1. The molecule has 0 aromatic carbocycles. The number of amides is 1. The van der Waals surface area contributed by atoms with Gasteiger partial charge in [0.15, 0.2) is 5.78 Å². The molecule has 234 valence electrons. The van der Waals surface area contributed by atoms with Crippen molar-refractivity contribution >= 4 is 17.7 Å². The number of carbonyl (C=O) groups excluding carboxylic acids is 2. The lowest BCUT2D eigenvalue weighted by molar-refractivity contribution is -0.158. The molecular weight excluding hydrogens is 510 g/mol. The number of carbonyl (C=O) groups is 3. The molecule has 1 amide bonds. The van der Waals surface area contributed by atoms with E-state index in [1.165, 1.54) is 7.11 Å². The minimum Gasteiger partial charge on any atom is -0.481 e. The van der Waals surface area contributed by atoms with Crippen molar-refractivity contribution in [3.63, 3.8) is 0 Å². The first-order valence-corrected chi connectivity index (χ1v) is 15.0. The standard InChI is InChI=1S/C31H59N3O6/c1-13-22(6)28(33(10)18-23(20(2)3)29(36)27(21(4)5)32(8)9)24(40-12)17-26(35)34-16-14-15-25(34)31(7,19-39-11)30(37)38/h20-25,27-28H,13-19H2,1-12H3,(H,37,38)/t22-,23+,24+,25?,27-,28-,31+/m0/s1. The van der Waals surface area contributed by atoms with Gasteiger partial charge in [0, 0.05) is 45.3 Å². The van der Waals surface area contributed by atoms with Crippen molar-refractivity contribution < 1.29 is 29.0 Å². The Hall–Kier alpha value is -1.55. The third kappa shape index (κ3) is 8.73. The van der Waals surface area contributed by atoms with Gasteiger partial charge >= 0.3 is 5.97 Å². The Morgan fingerprint density at radius 3 is 2.08 bits per heavy atom. The topological polar surface area (TPSA) is 99.6 Å². The van der Waals surface area contributed by atoms with Gasteiger partial charge in [0.1, 0.15) is 5.41 Å². The zero-order valence-electron chi connectivity index (χ0n) is 27.4. The zero-order chi connectivity index (χ0) is 30.9. The van der Waals surface area contributed by atoms with Gasteiger partial charge in [-0.15, -0.1) is 0 Å². The Labute approximate surface area is 243 Å². The number of hydrogen-bond acceptors (Lipinski definition) is 7. The monoisotopic (exact) mass is 569 g/mol. The number of nitrogens with zero attached hydrogens (tertiary/aromatic N) is 3. The highest BCUT2D eigenvalue weighted by Gasteiger charge is 2.48. The molecule has 1 rings (SSSR count). The summed E-state index contributed by atoms with van der Waals surface area (Å²) in [5.41, 5.74) is -1.18. The van der Waals surface area contributed by atoms with Crippen LogP contribution in [0, 0.1) is 29.1 Å². The lowest BCUT2D eigenvalue weighted by Crippen LogP contribution is -2.55. The van der Waals surface area contributed by atoms with E-state index in [1.807, 2.05) is 26.0 Å². The molecule has 9 nitrogen and oxygen atoms in total. The number of ketones is 1. The summed E-state index contributed by atoms with van der Waals surface area (Å²) in [4.78, 5) is 45.7. The van der Waals surface area contributed by atoms with Crippen LogP contribution in [0.25, 0.3) is 0 Å². The van der Waals surface area contributed by atoms with Crippen molar-refractivity contribution in [1.82, 2.24) is 14.7 Å². The Morgan fingerprint density at radius 2 is 1.65 bits per heavy atom. The van der Waals surface area contributed by atoms with Gasteiger partial charge in [-0.3, -0.25) is 24.2 Å². The van der Waals surface area contributed by atoms with Gasteiger partial charge in [0.05, 0.1) is 25.2 Å². The second kappa shape index (κ2) is 16.2. The molecular formula is C31H59N3O6. The molecule has 1 saturated heterocycles. The van der Waals surface area contributed by atoms with E-state index in [4.69, 9.17) is 9.47 Å². The SMILES string of the molecule is CC[C@H](C)[C@@H]([C@@H](CC(=O)N1CCCC1[C@@](C)(COC)C(=O)O)OC)N(C)C[C@@H](C(=O)[C@H](C(C)C)N(C)C)C(C)C. The molecule has 0 saturated carbocycles. The highest BCUT2D eigenvalue weighted by Crippen LogP contribution is 2.35. The number of Topliss-reactive ketones (excluding diaryl/α,β-unsaturated/α-hetero) is 1. The number of rotatable bonds is 18. The summed E-state index contributed by atoms with van der Waals surface area (Å²) in [6.07, 6.45) is 2.04. The van der Waals surface area contributed by atoms with E-state index in [2.05, 4.69) is 46.4 Å². The number of likely N-dealkylation sites (tertiary alicyclic amines) is 1. The van der Waals surface area contributed by atoms with E-state index in [0.29, 0.717) is 19.5 Å². The van der Waals surface area contributed by atoms with Gasteiger partial charge in [-0.25, -0.2) is 0 Å². The van der Waals surface area contributed by atoms with Crippen LogP contribution in [0.5, 0.6) is 0 Å². The largest absolute Gasteiger partial charge is 0.481 e. The fourth-order valence-corrected chi connectivity index (χ4v) is 6.75. The number of carboxylic acids is 1. The van der Waals surface area contributed by atoms with Crippen LogP contribution in [0.2, 0.25) is 0 Å². The molecule has 1 fully saturated rings. The molecule has 0 aliphatic carbocycles. The summed E-state index contributed by atoms with van der Waals surface area (Å²) < 4.78 is 11.3. The zero-order valence-corrected chi connectivity index (χ0v) is 27.4. The van der Waals surface area contributed by atoms with E-state index in [1.54, 1.807) is 18.9 Å². The second-order valence-corrected chi connectivity index (χ2v) is 13.1. The fourth-order valence-electron chi connectivity index (χ4n) is 6.75. The highest BCUT2D eigenvalue weighted by atomic mass is 16.5. The molecule has 1 aliphatic rings. The smallest absolute Gasteiger partial charge is 0.313 e. The summed E-state index contributed by atoms with van der Waals surface area (Å²) in [6.45, 7) is 15.5. The molecule has 1 unspecified atom stereocenters. The second-order valence-electron chi connectivity index (χ2n) is 13.1. The predicted molar refractivity (Wildman–Crippen MR) is 159 cm³/mol. The molecule has 1 aliphatic heterocycles. The Balaban J connectivity index is 3.25. The van der Waals surface area contributed by atoms with Gasteiger partial charge in [0.2, 0.25) is 5.91 Å². The molecule has 0 spiro atoms. The van der Waals surface area contributed by atoms with E-state index in [9.17, 15) is 19.5 Å². The number of carboxylic acid groups (broad SMARTS) is 1. The van der Waals surface area contributed by atoms with Gasteiger partial charge in [0.25, 0.3) is 0 Å². The summed E-state index contributed by atoms with van der Waals surface area (Å²) in [6, 6.07) is -0.683. The number of methoxy groups -OCH3 is 2. The normalized spacial score (nSPS) is 21.5. The van der Waals surface area contributed by atoms with Crippen LogP contribution < -0.4 is 0 Å². The van der Waals surface area contributed by atoms with Crippen molar-refractivity contribution in [2.75, 3.05) is 55.1 Å². The molecule has 7 atom stereocenters. The molecule has 40 heavy (non-hydrogen) atoms. The summed E-state index contributed by atoms with van der Waals surface area (Å²) in [7, 11) is 9.10. The van der Waals surface area contributed by atoms with E-state index in [0.717, 1.165) is 12.8 Å². The van der Waals surface area contributed by atoms with Crippen LogP contribution in [0.3, 0.4) is 0 Å². The van der Waals surface area contributed by atoms with Crippen molar-refractivity contribution in [1.29, 1.82) is 0 Å². The Kier molecular flexibility index (Phi) is 14.8. The van der Waals surface area contributed by atoms with Gasteiger partial charge in [-0.05, 0) is 58.7 Å². The minimum absolute atomic E-state index is 0.0393. The van der Waals surface area contributed by atoms with Crippen molar-refractivity contribution in [3.8, 4) is 0 Å². The van der Waals surface area contributed by atoms with Crippen LogP contribution in [-0.2, 0) is 23.9 Å². The minimum atomic E-state index is -1.18. The molecule has 9 heteroatoms. The van der Waals surface area contributed by atoms with E-state index >= 15 is 0 Å². The van der Waals surface area contributed by atoms with Crippen LogP contribution in [-0.4, -0.2) is 117 Å². The summed E-state index contributed by atoms with van der Waals surface area (Å²) in [5.74, 6) is -0.380. The van der Waals surface area contributed by atoms with Crippen molar-refractivity contribution in [3.05, 3.63) is 0 Å². The number of aliphatic carboxylic acids is 1. The maximum Gasteiger partial charge on any atom is 0.313 e. The summed E-state index contributed by atoms with van der Waals surface area (Å²) in [5, 5.41) is 10.0. The van der Waals surface area contributed by atoms with Gasteiger partial charge in [-0.2, -0.15) is 0 Å². The molecule has 1 N–H and O–H groups in total. The van der Waals surface area contributed by atoms with Crippen LogP contribution in [0.4, 0.5) is 0 Å². The predicted octanol–water partition coefficient (Wildman–Crippen LogP) is 3.89. The first-order valence-electron chi connectivity index (χ1n) is 15.0. The average molecular weight is 570 g/mol. The van der Waals surface area contributed by atoms with E-state index < -0.39 is 23.5 Å². The molecule has 0 bridgehead atoms. The van der Waals surface area contributed by atoms with Crippen LogP contribution in [0.15, 0.2) is 0 Å². The van der Waals surface area contributed by atoms with Gasteiger partial charge in [-0.1, -0.05) is 48.0 Å². The number of likely N-dealkylation sites (N-methyl/N-ethyl adjacent to an activating group) is 2. The third-order valence-electron chi connectivity index (χ3n) is 9.17. The van der Waals surface area contributed by atoms with Crippen molar-refractivity contribution in [2.24, 2.45) is 29.1 Å². The van der Waals surface area contributed by atoms with E-state index in [-0.39, 0.29) is 60.5 Å². The molecule has 0 aromatic heterocycles. The van der Waals surface area contributed by atoms with Crippen LogP contribution >= 0.6 is 0 Å². The first kappa shape index (κ1) is 36.5. The average Bonchev–Trinajstić information content (AvgIpc) is 3.36. The maximum atomic E-state index is 13.8. The Bertz CT molecular complexity index is 811. The lowest BCUT2D eigenvalue weighted by Gasteiger charge is -2.42. The fraction of sp³-hybridized carbons (Fsp3) is 0.903. The lowest BCUT2D eigenvalue weighted by atomic mass is 9.81. The quantitative estimate of drug-likeness (QED) is 0.265. The first-order chi connectivity index (χ1) is 18.6. The van der Waals surface area contributed by atoms with Gasteiger partial charge < -0.3 is 19.5 Å². The third-order valence-corrected chi connectivity index (χ3v) is 9.17. The molecule has 1 heterocycles. The molecule has 0 radical (unpaired) electrons. The number of ether oxygens (including phenoxy) is 2. The van der Waals surface area contributed by atoms with Crippen LogP contribution in [0.1, 0.15) is 74.1 Å². The van der Waals surface area contributed by atoms with Crippen molar-refractivity contribution in [2.45, 2.75) is 98.4 Å². The highest BCUT2D eigenvalue weighted by molar-refractivity contribution is 5.87.